The van der Waals surface area contributed by atoms with Gasteiger partial charge in [0.2, 0.25) is 5.91 Å². The van der Waals surface area contributed by atoms with Crippen molar-refractivity contribution in [1.82, 2.24) is 10.3 Å². The molecule has 0 radical (unpaired) electrons. The van der Waals surface area contributed by atoms with Crippen molar-refractivity contribution in [3.8, 4) is 0 Å². The summed E-state index contributed by atoms with van der Waals surface area (Å²) in [6.45, 7) is 9.91. The summed E-state index contributed by atoms with van der Waals surface area (Å²) < 4.78 is 0. The van der Waals surface area contributed by atoms with Gasteiger partial charge in [-0.15, -0.1) is 11.3 Å². The van der Waals surface area contributed by atoms with Crippen molar-refractivity contribution in [2.75, 3.05) is 6.54 Å². The smallest absolute Gasteiger partial charge is 0.309 e. The SMILES string of the molecule is CC(C)(CC(=O)NCCc1nc(C(C)(C)C)cs1)C(=O)O. The fourth-order valence-electron chi connectivity index (χ4n) is 1.62. The fraction of sp³-hybridized carbons (Fsp3) is 0.667. The molecule has 2 N–H and O–H groups in total. The van der Waals surface area contributed by atoms with Crippen LogP contribution in [0.2, 0.25) is 0 Å². The molecule has 1 amide bonds. The number of aliphatic carboxylic acids is 1. The summed E-state index contributed by atoms with van der Waals surface area (Å²) in [7, 11) is 0. The number of aromatic nitrogens is 1. The number of carboxylic acids is 1. The van der Waals surface area contributed by atoms with Crippen LogP contribution in [-0.4, -0.2) is 28.5 Å². The van der Waals surface area contributed by atoms with Crippen LogP contribution in [-0.2, 0) is 21.4 Å². The average Bonchev–Trinajstić information content (AvgIpc) is 2.76. The molecule has 0 fully saturated rings. The van der Waals surface area contributed by atoms with Gasteiger partial charge in [0.05, 0.1) is 16.1 Å². The van der Waals surface area contributed by atoms with Gasteiger partial charge < -0.3 is 10.4 Å². The highest BCUT2D eigenvalue weighted by Gasteiger charge is 2.29. The number of carboxylic acid groups (broad SMARTS) is 1. The Hall–Kier alpha value is -1.43. The summed E-state index contributed by atoms with van der Waals surface area (Å²) in [6, 6.07) is 0. The number of rotatable bonds is 6. The van der Waals surface area contributed by atoms with E-state index in [1.165, 1.54) is 0 Å². The van der Waals surface area contributed by atoms with Gasteiger partial charge in [0.25, 0.3) is 0 Å². The number of hydrogen-bond acceptors (Lipinski definition) is 4. The Labute approximate surface area is 129 Å². The Kier molecular flexibility index (Phi) is 5.50. The highest BCUT2D eigenvalue weighted by atomic mass is 32.1. The largest absolute Gasteiger partial charge is 0.481 e. The van der Waals surface area contributed by atoms with Gasteiger partial charge in [-0.05, 0) is 13.8 Å². The summed E-state index contributed by atoms with van der Waals surface area (Å²) in [6.07, 6.45) is 0.646. The molecule has 0 aliphatic heterocycles. The van der Waals surface area contributed by atoms with Crippen LogP contribution in [0.15, 0.2) is 5.38 Å². The minimum Gasteiger partial charge on any atom is -0.481 e. The van der Waals surface area contributed by atoms with Crippen LogP contribution in [0.1, 0.15) is 51.7 Å². The fourth-order valence-corrected chi connectivity index (χ4v) is 2.64. The Morgan fingerprint density at radius 2 is 1.90 bits per heavy atom. The lowest BCUT2D eigenvalue weighted by Crippen LogP contribution is -2.34. The molecule has 118 valence electrons. The first-order valence-electron chi connectivity index (χ1n) is 6.97. The van der Waals surface area contributed by atoms with Gasteiger partial charge in [0.15, 0.2) is 0 Å². The van der Waals surface area contributed by atoms with E-state index in [9.17, 15) is 9.59 Å². The Morgan fingerprint density at radius 3 is 2.38 bits per heavy atom. The predicted octanol–water partition coefficient (Wildman–Crippen LogP) is 2.60. The number of hydrogen-bond donors (Lipinski definition) is 2. The molecule has 1 aromatic heterocycles. The molecule has 1 heterocycles. The van der Waals surface area contributed by atoms with Crippen LogP contribution in [0, 0.1) is 5.41 Å². The topological polar surface area (TPSA) is 79.3 Å². The minimum atomic E-state index is -1.04. The van der Waals surface area contributed by atoms with Crippen molar-refractivity contribution in [3.63, 3.8) is 0 Å². The second-order valence-electron chi connectivity index (χ2n) is 6.84. The van der Waals surface area contributed by atoms with Crippen LogP contribution >= 0.6 is 11.3 Å². The minimum absolute atomic E-state index is 0.0204. The molecule has 0 spiro atoms. The molecule has 21 heavy (non-hydrogen) atoms. The molecule has 0 saturated carbocycles. The van der Waals surface area contributed by atoms with Crippen LogP contribution in [0.5, 0.6) is 0 Å². The molecule has 6 heteroatoms. The van der Waals surface area contributed by atoms with Crippen molar-refractivity contribution < 1.29 is 14.7 Å². The van der Waals surface area contributed by atoms with Gasteiger partial charge in [-0.1, -0.05) is 20.8 Å². The van der Waals surface area contributed by atoms with Crippen LogP contribution in [0.3, 0.4) is 0 Å². The highest BCUT2D eigenvalue weighted by Crippen LogP contribution is 2.24. The summed E-state index contributed by atoms with van der Waals surface area (Å²) >= 11 is 1.59. The van der Waals surface area contributed by atoms with E-state index in [-0.39, 0.29) is 17.7 Å². The van der Waals surface area contributed by atoms with Crippen molar-refractivity contribution in [2.24, 2.45) is 5.41 Å². The van der Waals surface area contributed by atoms with E-state index in [4.69, 9.17) is 5.11 Å². The van der Waals surface area contributed by atoms with Crippen LogP contribution in [0.4, 0.5) is 0 Å². The van der Waals surface area contributed by atoms with E-state index >= 15 is 0 Å². The second-order valence-corrected chi connectivity index (χ2v) is 7.78. The van der Waals surface area contributed by atoms with Gasteiger partial charge in [-0.25, -0.2) is 4.98 Å². The van der Waals surface area contributed by atoms with Gasteiger partial charge in [-0.2, -0.15) is 0 Å². The van der Waals surface area contributed by atoms with Crippen molar-refractivity contribution >= 4 is 23.2 Å². The van der Waals surface area contributed by atoms with Crippen LogP contribution in [0.25, 0.3) is 0 Å². The maximum absolute atomic E-state index is 11.7. The molecule has 5 nitrogen and oxygen atoms in total. The summed E-state index contributed by atoms with van der Waals surface area (Å²) in [5.74, 6) is -1.21. The normalized spacial score (nSPS) is 12.2. The lowest BCUT2D eigenvalue weighted by molar-refractivity contribution is -0.149. The third-order valence-electron chi connectivity index (χ3n) is 3.16. The third kappa shape index (κ3) is 5.46. The molecule has 1 aromatic rings. The number of thiazole rings is 1. The van der Waals surface area contributed by atoms with Crippen LogP contribution < -0.4 is 5.32 Å². The molecule has 0 atom stereocenters. The van der Waals surface area contributed by atoms with Crippen molar-refractivity contribution in [2.45, 2.75) is 52.9 Å². The Balaban J connectivity index is 2.42. The molecule has 0 aliphatic rings. The maximum Gasteiger partial charge on any atom is 0.309 e. The first kappa shape index (κ1) is 17.6. The number of nitrogens with zero attached hydrogens (tertiary/aromatic N) is 1. The number of carbonyl (C=O) groups excluding carboxylic acids is 1. The van der Waals surface area contributed by atoms with E-state index in [1.807, 2.05) is 5.38 Å². The molecule has 0 unspecified atom stereocenters. The summed E-state index contributed by atoms with van der Waals surface area (Å²) in [4.78, 5) is 27.2. The monoisotopic (exact) mass is 312 g/mol. The van der Waals surface area contributed by atoms with Gasteiger partial charge in [-0.3, -0.25) is 9.59 Å². The van der Waals surface area contributed by atoms with E-state index in [0.29, 0.717) is 13.0 Å². The molecule has 0 bridgehead atoms. The summed E-state index contributed by atoms with van der Waals surface area (Å²) in [5.41, 5.74) is 0.0506. The zero-order valence-corrected chi connectivity index (χ0v) is 14.1. The molecular formula is C15H24N2O3S. The van der Waals surface area contributed by atoms with Crippen molar-refractivity contribution in [1.29, 1.82) is 0 Å². The lowest BCUT2D eigenvalue weighted by Gasteiger charge is -2.18. The number of nitrogens with one attached hydrogen (secondary N) is 1. The van der Waals surface area contributed by atoms with E-state index < -0.39 is 11.4 Å². The van der Waals surface area contributed by atoms with E-state index in [1.54, 1.807) is 25.2 Å². The Morgan fingerprint density at radius 1 is 1.29 bits per heavy atom. The van der Waals surface area contributed by atoms with Gasteiger partial charge in [0, 0.05) is 30.2 Å². The molecular weight excluding hydrogens is 288 g/mol. The quantitative estimate of drug-likeness (QED) is 0.846. The van der Waals surface area contributed by atoms with Gasteiger partial charge in [0.1, 0.15) is 0 Å². The summed E-state index contributed by atoms with van der Waals surface area (Å²) in [5, 5.41) is 14.8. The molecule has 0 saturated heterocycles. The zero-order valence-electron chi connectivity index (χ0n) is 13.3. The molecule has 0 aromatic carbocycles. The molecule has 0 aliphatic carbocycles. The number of carbonyl (C=O) groups is 2. The first-order valence-corrected chi connectivity index (χ1v) is 7.85. The van der Waals surface area contributed by atoms with E-state index in [0.717, 1.165) is 10.7 Å². The standard InChI is InChI=1S/C15H24N2O3S/c1-14(2,3)10-9-21-12(17-10)6-7-16-11(18)8-15(4,5)13(19)20/h9H,6-8H2,1-5H3,(H,16,18)(H,19,20). The Bertz CT molecular complexity index is 515. The lowest BCUT2D eigenvalue weighted by atomic mass is 9.89. The highest BCUT2D eigenvalue weighted by molar-refractivity contribution is 7.09. The number of amides is 1. The average molecular weight is 312 g/mol. The first-order chi connectivity index (χ1) is 9.52. The van der Waals surface area contributed by atoms with Gasteiger partial charge >= 0.3 is 5.97 Å². The zero-order chi connectivity index (χ0) is 16.3. The predicted molar refractivity (Wildman–Crippen MR) is 83.6 cm³/mol. The second kappa shape index (κ2) is 6.56. The maximum atomic E-state index is 11.7. The molecule has 1 rings (SSSR count). The van der Waals surface area contributed by atoms with E-state index in [2.05, 4.69) is 31.1 Å². The third-order valence-corrected chi connectivity index (χ3v) is 4.07. The van der Waals surface area contributed by atoms with Crippen molar-refractivity contribution in [3.05, 3.63) is 16.1 Å².